The van der Waals surface area contributed by atoms with Gasteiger partial charge < -0.3 is 0 Å². The van der Waals surface area contributed by atoms with E-state index in [0.29, 0.717) is 0 Å². The Balaban J connectivity index is 2.18. The molecule has 2 heteroatoms. The van der Waals surface area contributed by atoms with Gasteiger partial charge in [0, 0.05) is 5.88 Å². The summed E-state index contributed by atoms with van der Waals surface area (Å²) in [5, 5.41) is 2.93. The standard InChI is InChI=1S/C16H18ClP/c17-13-7-8-14-18(15-9-3-1-4-10-15)16-11-5-2-6-12-16/h1-6,9-12H,7-8,13-14H2. The summed E-state index contributed by atoms with van der Waals surface area (Å²) in [7, 11) is -0.221. The van der Waals surface area contributed by atoms with Gasteiger partial charge >= 0.3 is 0 Å². The van der Waals surface area contributed by atoms with Crippen LogP contribution in [0.2, 0.25) is 0 Å². The molecule has 0 radical (unpaired) electrons. The highest BCUT2D eigenvalue weighted by Crippen LogP contribution is 2.34. The molecule has 0 saturated carbocycles. The highest BCUT2D eigenvalue weighted by Gasteiger charge is 2.12. The fraction of sp³-hybridized carbons (Fsp3) is 0.250. The van der Waals surface area contributed by atoms with Gasteiger partial charge in [0.05, 0.1) is 0 Å². The maximum atomic E-state index is 5.78. The molecule has 2 aromatic carbocycles. The zero-order valence-corrected chi connectivity index (χ0v) is 12.1. The molecule has 0 N–H and O–H groups in total. The van der Waals surface area contributed by atoms with Crippen LogP contribution >= 0.6 is 19.5 Å². The van der Waals surface area contributed by atoms with Crippen molar-refractivity contribution in [2.75, 3.05) is 12.0 Å². The zero-order chi connectivity index (χ0) is 12.6. The van der Waals surface area contributed by atoms with Gasteiger partial charge in [-0.15, -0.1) is 11.6 Å². The first-order chi connectivity index (χ1) is 8.92. The monoisotopic (exact) mass is 276 g/mol. The topological polar surface area (TPSA) is 0 Å². The number of benzene rings is 2. The van der Waals surface area contributed by atoms with E-state index in [9.17, 15) is 0 Å². The highest BCUT2D eigenvalue weighted by atomic mass is 35.5. The van der Waals surface area contributed by atoms with Crippen LogP contribution < -0.4 is 10.6 Å². The molecule has 2 rings (SSSR count). The quantitative estimate of drug-likeness (QED) is 0.423. The predicted octanol–water partition coefficient (Wildman–Crippen LogP) is 4.14. The van der Waals surface area contributed by atoms with Gasteiger partial charge in [-0.3, -0.25) is 0 Å². The lowest BCUT2D eigenvalue weighted by Crippen LogP contribution is -2.13. The molecule has 0 unspecified atom stereocenters. The number of rotatable bonds is 6. The molecule has 94 valence electrons. The van der Waals surface area contributed by atoms with Crippen molar-refractivity contribution in [2.24, 2.45) is 0 Å². The van der Waals surface area contributed by atoms with E-state index < -0.39 is 0 Å². The van der Waals surface area contributed by atoms with Crippen molar-refractivity contribution in [1.29, 1.82) is 0 Å². The first-order valence-electron chi connectivity index (χ1n) is 6.35. The van der Waals surface area contributed by atoms with Crippen LogP contribution in [0.25, 0.3) is 0 Å². The van der Waals surface area contributed by atoms with Crippen LogP contribution in [0.1, 0.15) is 12.8 Å². The lowest BCUT2D eigenvalue weighted by atomic mass is 10.4. The molecule has 0 bridgehead atoms. The average Bonchev–Trinajstić information content (AvgIpc) is 2.46. The average molecular weight is 277 g/mol. The second kappa shape index (κ2) is 7.56. The molecule has 0 amide bonds. The maximum absolute atomic E-state index is 5.78. The molecule has 18 heavy (non-hydrogen) atoms. The van der Waals surface area contributed by atoms with E-state index >= 15 is 0 Å². The van der Waals surface area contributed by atoms with Gasteiger partial charge in [0.1, 0.15) is 0 Å². The molecule has 2 aromatic rings. The number of alkyl halides is 1. The highest BCUT2D eigenvalue weighted by molar-refractivity contribution is 7.73. The Hall–Kier alpha value is -0.840. The molecule has 0 atom stereocenters. The molecule has 0 spiro atoms. The normalized spacial score (nSPS) is 10.8. The van der Waals surface area contributed by atoms with Gasteiger partial charge in [-0.25, -0.2) is 0 Å². The number of hydrogen-bond donors (Lipinski definition) is 0. The summed E-state index contributed by atoms with van der Waals surface area (Å²) in [4.78, 5) is 0. The van der Waals surface area contributed by atoms with Gasteiger partial charge in [-0.05, 0) is 37.5 Å². The van der Waals surface area contributed by atoms with Crippen LogP contribution in [0.5, 0.6) is 0 Å². The van der Waals surface area contributed by atoms with Gasteiger partial charge in [-0.2, -0.15) is 0 Å². The second-order valence-electron chi connectivity index (χ2n) is 4.22. The maximum Gasteiger partial charge on any atom is 0.0223 e. The van der Waals surface area contributed by atoms with Gasteiger partial charge in [0.25, 0.3) is 0 Å². The Morgan fingerprint density at radius 2 is 1.22 bits per heavy atom. The van der Waals surface area contributed by atoms with Gasteiger partial charge in [0.2, 0.25) is 0 Å². The van der Waals surface area contributed by atoms with E-state index in [4.69, 9.17) is 11.6 Å². The predicted molar refractivity (Wildman–Crippen MR) is 83.9 cm³/mol. The molecule has 0 aliphatic heterocycles. The minimum Gasteiger partial charge on any atom is -0.127 e. The Bertz CT molecular complexity index is 402. The summed E-state index contributed by atoms with van der Waals surface area (Å²) in [5.41, 5.74) is 0. The minimum absolute atomic E-state index is 0.221. The minimum atomic E-state index is -0.221. The molecular weight excluding hydrogens is 259 g/mol. The molecule has 0 fully saturated rings. The van der Waals surface area contributed by atoms with Crippen molar-refractivity contribution in [3.05, 3.63) is 60.7 Å². The smallest absolute Gasteiger partial charge is 0.0223 e. The van der Waals surface area contributed by atoms with Gasteiger partial charge in [0.15, 0.2) is 0 Å². The van der Waals surface area contributed by atoms with Crippen molar-refractivity contribution in [3.63, 3.8) is 0 Å². The first kappa shape index (κ1) is 13.6. The van der Waals surface area contributed by atoms with E-state index in [1.165, 1.54) is 23.2 Å². The summed E-state index contributed by atoms with van der Waals surface area (Å²) < 4.78 is 0. The van der Waals surface area contributed by atoms with Gasteiger partial charge in [-0.1, -0.05) is 60.7 Å². The Morgan fingerprint density at radius 3 is 1.67 bits per heavy atom. The third-order valence-electron chi connectivity index (χ3n) is 2.90. The Morgan fingerprint density at radius 1 is 0.722 bits per heavy atom. The van der Waals surface area contributed by atoms with Crippen LogP contribution in [0.3, 0.4) is 0 Å². The SMILES string of the molecule is ClCCCCP(c1ccccc1)c1ccccc1. The van der Waals surface area contributed by atoms with Crippen LogP contribution in [0.15, 0.2) is 60.7 Å². The molecule has 0 aliphatic rings. The third-order valence-corrected chi connectivity index (χ3v) is 5.77. The lowest BCUT2D eigenvalue weighted by Gasteiger charge is -2.18. The molecule has 0 nitrogen and oxygen atoms in total. The van der Waals surface area contributed by atoms with E-state index in [-0.39, 0.29) is 7.92 Å². The van der Waals surface area contributed by atoms with Crippen LogP contribution in [0, 0.1) is 0 Å². The van der Waals surface area contributed by atoms with E-state index in [0.717, 1.165) is 12.3 Å². The fourth-order valence-corrected chi connectivity index (χ4v) is 4.59. The fourth-order valence-electron chi connectivity index (χ4n) is 1.99. The first-order valence-corrected chi connectivity index (χ1v) is 8.41. The largest absolute Gasteiger partial charge is 0.127 e. The molecule has 0 aromatic heterocycles. The molecule has 0 saturated heterocycles. The van der Waals surface area contributed by atoms with Crippen molar-refractivity contribution in [3.8, 4) is 0 Å². The van der Waals surface area contributed by atoms with Crippen molar-refractivity contribution in [1.82, 2.24) is 0 Å². The third kappa shape index (κ3) is 3.83. The summed E-state index contributed by atoms with van der Waals surface area (Å²) >= 11 is 5.78. The molecule has 0 aliphatic carbocycles. The Labute approximate surface area is 116 Å². The summed E-state index contributed by atoms with van der Waals surface area (Å²) in [6.07, 6.45) is 3.55. The molecular formula is C16H18ClP. The van der Waals surface area contributed by atoms with E-state index in [2.05, 4.69) is 60.7 Å². The van der Waals surface area contributed by atoms with Crippen LogP contribution in [-0.4, -0.2) is 12.0 Å². The van der Waals surface area contributed by atoms with Crippen LogP contribution in [-0.2, 0) is 0 Å². The number of unbranched alkanes of at least 4 members (excludes halogenated alkanes) is 1. The van der Waals surface area contributed by atoms with E-state index in [1.54, 1.807) is 0 Å². The second-order valence-corrected chi connectivity index (χ2v) is 6.93. The summed E-state index contributed by atoms with van der Waals surface area (Å²) in [5.74, 6) is 0.771. The Kier molecular flexibility index (Phi) is 5.71. The summed E-state index contributed by atoms with van der Waals surface area (Å²) in [6, 6.07) is 21.7. The summed E-state index contributed by atoms with van der Waals surface area (Å²) in [6.45, 7) is 0. The van der Waals surface area contributed by atoms with Crippen molar-refractivity contribution in [2.45, 2.75) is 12.8 Å². The lowest BCUT2D eigenvalue weighted by molar-refractivity contribution is 0.900. The zero-order valence-electron chi connectivity index (χ0n) is 10.4. The number of hydrogen-bond acceptors (Lipinski definition) is 0. The van der Waals surface area contributed by atoms with Crippen molar-refractivity contribution >= 4 is 30.1 Å². The van der Waals surface area contributed by atoms with Crippen LogP contribution in [0.4, 0.5) is 0 Å². The van der Waals surface area contributed by atoms with E-state index in [1.807, 2.05) is 0 Å². The number of halogens is 1. The van der Waals surface area contributed by atoms with Crippen molar-refractivity contribution < 1.29 is 0 Å². The molecule has 0 heterocycles.